The Morgan fingerprint density at radius 3 is 2.90 bits per heavy atom. The molecule has 0 radical (unpaired) electrons. The van der Waals surface area contributed by atoms with E-state index in [-0.39, 0.29) is 0 Å². The van der Waals surface area contributed by atoms with Crippen LogP contribution in [0, 0.1) is 5.41 Å². The highest BCUT2D eigenvalue weighted by molar-refractivity contribution is 6.30. The molecule has 1 aliphatic rings. The maximum Gasteiger partial charge on any atom is 0.310 e. The van der Waals surface area contributed by atoms with Crippen LogP contribution < -0.4 is 4.74 Å². The minimum atomic E-state index is -0.687. The molecule has 1 fully saturated rings. The highest BCUT2D eigenvalue weighted by Gasteiger charge is 2.40. The predicted molar refractivity (Wildman–Crippen MR) is 82.9 cm³/mol. The van der Waals surface area contributed by atoms with Crippen molar-refractivity contribution >= 4 is 17.6 Å². The zero-order valence-electron chi connectivity index (χ0n) is 12.6. The molecule has 21 heavy (non-hydrogen) atoms. The molecular weight excluding hydrogens is 290 g/mol. The van der Waals surface area contributed by atoms with Gasteiger partial charge in [-0.05, 0) is 44.0 Å². The quantitative estimate of drug-likeness (QED) is 0.905. The molecule has 2 rings (SSSR count). The monoisotopic (exact) mass is 311 g/mol. The first-order valence-corrected chi connectivity index (χ1v) is 7.67. The summed E-state index contributed by atoms with van der Waals surface area (Å²) >= 11 is 6.06. The summed E-state index contributed by atoms with van der Waals surface area (Å²) in [6.45, 7) is 4.11. The van der Waals surface area contributed by atoms with Crippen molar-refractivity contribution in [1.29, 1.82) is 0 Å². The topological polar surface area (TPSA) is 49.8 Å². The van der Waals surface area contributed by atoms with Crippen molar-refractivity contribution < 1.29 is 14.6 Å². The maximum absolute atomic E-state index is 11.6. The first kappa shape index (κ1) is 16.1. The van der Waals surface area contributed by atoms with Gasteiger partial charge in [-0.3, -0.25) is 9.69 Å². The third kappa shape index (κ3) is 3.50. The summed E-state index contributed by atoms with van der Waals surface area (Å²) in [5, 5.41) is 10.2. The third-order valence-corrected chi connectivity index (χ3v) is 4.66. The lowest BCUT2D eigenvalue weighted by molar-refractivity contribution is -0.153. The third-order valence-electron chi connectivity index (χ3n) is 4.42. The van der Waals surface area contributed by atoms with Gasteiger partial charge in [-0.15, -0.1) is 0 Å². The number of likely N-dealkylation sites (tertiary alicyclic amines) is 1. The second-order valence-electron chi connectivity index (χ2n) is 5.71. The summed E-state index contributed by atoms with van der Waals surface area (Å²) in [6, 6.07) is 5.54. The van der Waals surface area contributed by atoms with Gasteiger partial charge >= 0.3 is 5.97 Å². The number of ether oxygens (including phenoxy) is 1. The molecule has 1 atom stereocenters. The van der Waals surface area contributed by atoms with Crippen LogP contribution in [0.2, 0.25) is 5.02 Å². The summed E-state index contributed by atoms with van der Waals surface area (Å²) < 4.78 is 5.37. The van der Waals surface area contributed by atoms with Crippen LogP contribution in [0.3, 0.4) is 0 Å². The molecule has 1 saturated heterocycles. The maximum atomic E-state index is 11.6. The van der Waals surface area contributed by atoms with Crippen LogP contribution in [-0.4, -0.2) is 36.2 Å². The number of carbonyl (C=O) groups is 1. The molecule has 1 unspecified atom stereocenters. The van der Waals surface area contributed by atoms with Crippen LogP contribution in [0.15, 0.2) is 18.2 Å². The Bertz CT molecular complexity index is 520. The van der Waals surface area contributed by atoms with Crippen LogP contribution in [-0.2, 0) is 11.3 Å². The van der Waals surface area contributed by atoms with Crippen LogP contribution >= 0.6 is 11.6 Å². The number of hydrogen-bond donors (Lipinski definition) is 1. The summed E-state index contributed by atoms with van der Waals surface area (Å²) in [5.74, 6) is 0.107. The number of aliphatic carboxylic acids is 1. The van der Waals surface area contributed by atoms with E-state index in [1.807, 2.05) is 19.1 Å². The van der Waals surface area contributed by atoms with Crippen LogP contribution in [0.1, 0.15) is 31.7 Å². The fraction of sp³-hybridized carbons (Fsp3) is 0.562. The molecule has 116 valence electrons. The molecule has 0 spiro atoms. The molecule has 0 amide bonds. The SMILES string of the molecule is CCC1(C(=O)O)CCCN(Cc2cc(Cl)ccc2OC)C1. The molecule has 0 saturated carbocycles. The molecule has 5 heteroatoms. The molecule has 4 nitrogen and oxygen atoms in total. The number of halogens is 1. The van der Waals surface area contributed by atoms with Crippen molar-refractivity contribution in [2.45, 2.75) is 32.7 Å². The van der Waals surface area contributed by atoms with E-state index in [2.05, 4.69) is 4.90 Å². The van der Waals surface area contributed by atoms with E-state index in [9.17, 15) is 9.90 Å². The van der Waals surface area contributed by atoms with E-state index >= 15 is 0 Å². The summed E-state index contributed by atoms with van der Waals surface area (Å²) in [4.78, 5) is 13.8. The second kappa shape index (κ2) is 6.67. The van der Waals surface area contributed by atoms with Gasteiger partial charge in [0, 0.05) is 23.7 Å². The second-order valence-corrected chi connectivity index (χ2v) is 6.15. The molecule has 1 aromatic rings. The first-order valence-electron chi connectivity index (χ1n) is 7.29. The number of benzene rings is 1. The number of nitrogens with zero attached hydrogens (tertiary/aromatic N) is 1. The highest BCUT2D eigenvalue weighted by atomic mass is 35.5. The Labute approximate surface area is 130 Å². The molecule has 0 aromatic heterocycles. The molecule has 1 aromatic carbocycles. The average Bonchev–Trinajstić information content (AvgIpc) is 2.47. The van der Waals surface area contributed by atoms with Crippen molar-refractivity contribution in [3.8, 4) is 5.75 Å². The van der Waals surface area contributed by atoms with Crippen LogP contribution in [0.5, 0.6) is 5.75 Å². The lowest BCUT2D eigenvalue weighted by Gasteiger charge is -2.39. The Balaban J connectivity index is 2.16. The molecule has 1 heterocycles. The van der Waals surface area contributed by atoms with E-state index in [1.165, 1.54) is 0 Å². The Kier molecular flexibility index (Phi) is 5.12. The number of carboxylic acid groups (broad SMARTS) is 1. The van der Waals surface area contributed by atoms with Crippen molar-refractivity contribution in [3.05, 3.63) is 28.8 Å². The molecule has 0 bridgehead atoms. The van der Waals surface area contributed by atoms with Crippen LogP contribution in [0.25, 0.3) is 0 Å². The number of hydrogen-bond acceptors (Lipinski definition) is 3. The molecular formula is C16H22ClNO3. The molecule has 1 aliphatic heterocycles. The molecule has 1 N–H and O–H groups in total. The fourth-order valence-electron chi connectivity index (χ4n) is 3.09. The first-order chi connectivity index (χ1) is 10.0. The van der Waals surface area contributed by atoms with Gasteiger partial charge in [0.2, 0.25) is 0 Å². The van der Waals surface area contributed by atoms with Crippen molar-refractivity contribution in [2.75, 3.05) is 20.2 Å². The Morgan fingerprint density at radius 2 is 2.29 bits per heavy atom. The fourth-order valence-corrected chi connectivity index (χ4v) is 3.28. The minimum Gasteiger partial charge on any atom is -0.496 e. The zero-order chi connectivity index (χ0) is 15.5. The van der Waals surface area contributed by atoms with Gasteiger partial charge in [0.25, 0.3) is 0 Å². The number of carboxylic acids is 1. The van der Waals surface area contributed by atoms with E-state index in [0.717, 1.165) is 30.7 Å². The van der Waals surface area contributed by atoms with Crippen LogP contribution in [0.4, 0.5) is 0 Å². The summed E-state index contributed by atoms with van der Waals surface area (Å²) in [7, 11) is 1.64. The Morgan fingerprint density at radius 1 is 1.52 bits per heavy atom. The van der Waals surface area contributed by atoms with Gasteiger partial charge in [-0.25, -0.2) is 0 Å². The van der Waals surface area contributed by atoms with E-state index in [1.54, 1.807) is 13.2 Å². The zero-order valence-corrected chi connectivity index (χ0v) is 13.3. The average molecular weight is 312 g/mol. The lowest BCUT2D eigenvalue weighted by atomic mass is 9.77. The highest BCUT2D eigenvalue weighted by Crippen LogP contribution is 2.35. The van der Waals surface area contributed by atoms with Gasteiger partial charge in [-0.2, -0.15) is 0 Å². The van der Waals surface area contributed by atoms with Crippen molar-refractivity contribution in [1.82, 2.24) is 4.90 Å². The lowest BCUT2D eigenvalue weighted by Crippen LogP contribution is -2.47. The van der Waals surface area contributed by atoms with Gasteiger partial charge in [0.15, 0.2) is 0 Å². The minimum absolute atomic E-state index is 0.578. The van der Waals surface area contributed by atoms with Crippen molar-refractivity contribution in [3.63, 3.8) is 0 Å². The largest absolute Gasteiger partial charge is 0.496 e. The smallest absolute Gasteiger partial charge is 0.310 e. The summed E-state index contributed by atoms with van der Waals surface area (Å²) in [5.41, 5.74) is 0.381. The van der Waals surface area contributed by atoms with E-state index in [0.29, 0.717) is 24.5 Å². The number of rotatable bonds is 5. The Hall–Kier alpha value is -1.26. The summed E-state index contributed by atoms with van der Waals surface area (Å²) in [6.07, 6.45) is 2.32. The normalized spacial score (nSPS) is 23.0. The van der Waals surface area contributed by atoms with E-state index in [4.69, 9.17) is 16.3 Å². The molecule has 0 aliphatic carbocycles. The van der Waals surface area contributed by atoms with E-state index < -0.39 is 11.4 Å². The van der Waals surface area contributed by atoms with Gasteiger partial charge in [0.1, 0.15) is 5.75 Å². The number of piperidine rings is 1. The van der Waals surface area contributed by atoms with Gasteiger partial charge < -0.3 is 9.84 Å². The standard InChI is InChI=1S/C16H22ClNO3/c1-3-16(15(19)20)7-4-8-18(11-16)10-12-9-13(17)5-6-14(12)21-2/h5-6,9H,3-4,7-8,10-11H2,1-2H3,(H,19,20). The van der Waals surface area contributed by atoms with Crippen molar-refractivity contribution in [2.24, 2.45) is 5.41 Å². The van der Waals surface area contributed by atoms with Gasteiger partial charge in [-0.1, -0.05) is 18.5 Å². The van der Waals surface area contributed by atoms with Gasteiger partial charge in [0.05, 0.1) is 12.5 Å². The number of methoxy groups -OCH3 is 1. The predicted octanol–water partition coefficient (Wildman–Crippen LogP) is 3.43.